The zero-order chi connectivity index (χ0) is 35.0. The van der Waals surface area contributed by atoms with Crippen molar-refractivity contribution in [2.75, 3.05) is 0 Å². The van der Waals surface area contributed by atoms with Gasteiger partial charge in [-0.1, -0.05) is 85.2 Å². The number of furan rings is 2. The van der Waals surface area contributed by atoms with E-state index < -0.39 is 0 Å². The van der Waals surface area contributed by atoms with Crippen LogP contribution in [0.3, 0.4) is 0 Å². The quantitative estimate of drug-likeness (QED) is 0.0891. The smallest absolute Gasteiger partial charge is 0.162 e. The number of rotatable bonds is 9. The fourth-order valence-electron chi connectivity index (χ4n) is 7.54. The summed E-state index contributed by atoms with van der Waals surface area (Å²) in [6, 6.07) is 24.4. The summed E-state index contributed by atoms with van der Waals surface area (Å²) in [5.74, 6) is 1.96. The maximum atomic E-state index is 11.7. The first kappa shape index (κ1) is 37.3. The second-order valence-corrected chi connectivity index (χ2v) is 14.1. The van der Waals surface area contributed by atoms with Gasteiger partial charge < -0.3 is 18.9 Å². The van der Waals surface area contributed by atoms with Gasteiger partial charge in [0.05, 0.1) is 5.76 Å². The number of para-hydroxylation sites is 1. The molecule has 0 unspecified atom stereocenters. The third-order valence-corrected chi connectivity index (χ3v) is 10.5. The molecule has 0 spiro atoms. The fourth-order valence-corrected chi connectivity index (χ4v) is 7.54. The number of hydrogen-bond acceptors (Lipinski definition) is 5. The molecule has 3 aromatic heterocycles. The van der Waals surface area contributed by atoms with Crippen molar-refractivity contribution in [2.24, 2.45) is 11.8 Å². The monoisotopic (exact) mass is 847 g/mol. The normalized spacial score (nSPS) is 13.5. The molecule has 50 heavy (non-hydrogen) atoms. The van der Waals surface area contributed by atoms with Crippen LogP contribution in [-0.2, 0) is 30.3 Å². The number of aliphatic hydroxyl groups is 1. The van der Waals surface area contributed by atoms with Crippen molar-refractivity contribution in [2.45, 2.75) is 92.4 Å². The maximum absolute atomic E-state index is 11.7. The van der Waals surface area contributed by atoms with Crippen molar-refractivity contribution >= 4 is 38.7 Å². The molecule has 0 aliphatic heterocycles. The van der Waals surface area contributed by atoms with Gasteiger partial charge in [-0.3, -0.25) is 4.79 Å². The summed E-state index contributed by atoms with van der Waals surface area (Å²) in [7, 11) is 0. The van der Waals surface area contributed by atoms with Crippen LogP contribution in [0.15, 0.2) is 87.5 Å². The molecule has 1 N–H and O–H groups in total. The minimum atomic E-state index is -0.259. The minimum absolute atomic E-state index is 0. The Balaban J connectivity index is 0.000000261. The summed E-state index contributed by atoms with van der Waals surface area (Å²) in [5.41, 5.74) is 9.02. The molecule has 0 bridgehead atoms. The van der Waals surface area contributed by atoms with Crippen LogP contribution < -0.4 is 0 Å². The van der Waals surface area contributed by atoms with Crippen LogP contribution in [-0.4, -0.2) is 15.9 Å². The number of aromatic nitrogens is 1. The number of benzene rings is 3. The average Bonchev–Trinajstić information content (AvgIpc) is 3.74. The summed E-state index contributed by atoms with van der Waals surface area (Å²) in [6.07, 6.45) is 6.79. The van der Waals surface area contributed by atoms with Crippen LogP contribution in [0, 0.1) is 17.9 Å². The zero-order valence-electron chi connectivity index (χ0n) is 30.4. The van der Waals surface area contributed by atoms with E-state index in [-0.39, 0.29) is 48.9 Å². The molecule has 6 heteroatoms. The standard InChI is InChI=1S/C31H24NO2.C13H24O2.Ir/c1-17(2)18-12-13-25-23(16-18)19-14-15-32-28(30(19)34-25)21-9-7-10-22-26(21)31(3,4)27-20-8-5-6-11-24(20)33-29(22)27;1-5-10(6-2)12(14)9-13(15)11(7-3)8-4;/h5-8,10-17H,1-4H3;9-11,14H,5-8H2,1-4H3;/q-1;;/b;12-9-;. The first-order valence-electron chi connectivity index (χ1n) is 17.9. The predicted molar refractivity (Wildman–Crippen MR) is 201 cm³/mol. The molecule has 3 aromatic carbocycles. The predicted octanol–water partition coefficient (Wildman–Crippen LogP) is 12.5. The topological polar surface area (TPSA) is 76.5 Å². The molecule has 1 radical (unpaired) electrons. The van der Waals surface area contributed by atoms with Gasteiger partial charge in [-0.15, -0.1) is 29.3 Å². The van der Waals surface area contributed by atoms with E-state index in [1.54, 1.807) is 0 Å². The van der Waals surface area contributed by atoms with E-state index in [0.29, 0.717) is 5.92 Å². The van der Waals surface area contributed by atoms with Gasteiger partial charge in [0.2, 0.25) is 0 Å². The Morgan fingerprint density at radius 3 is 2.22 bits per heavy atom. The van der Waals surface area contributed by atoms with Crippen molar-refractivity contribution < 1.29 is 38.8 Å². The number of nitrogens with zero attached hydrogens (tertiary/aromatic N) is 1. The molecule has 0 amide bonds. The molecule has 7 rings (SSSR count). The average molecular weight is 847 g/mol. The van der Waals surface area contributed by atoms with E-state index in [0.717, 1.165) is 75.8 Å². The molecule has 1 aliphatic carbocycles. The van der Waals surface area contributed by atoms with Crippen LogP contribution >= 0.6 is 0 Å². The molecule has 0 saturated heterocycles. The van der Waals surface area contributed by atoms with E-state index >= 15 is 0 Å². The fraction of sp³-hybridized carbons (Fsp3) is 0.364. The first-order valence-corrected chi connectivity index (χ1v) is 17.9. The van der Waals surface area contributed by atoms with Crippen molar-refractivity contribution in [1.82, 2.24) is 4.98 Å². The molecule has 5 nitrogen and oxygen atoms in total. The number of allylic oxidation sites excluding steroid dienone is 2. The van der Waals surface area contributed by atoms with E-state index in [1.165, 1.54) is 28.2 Å². The molecule has 263 valence electrons. The number of carbonyl (C=O) groups is 1. The van der Waals surface area contributed by atoms with Crippen molar-refractivity contribution in [3.8, 4) is 22.6 Å². The second kappa shape index (κ2) is 15.1. The van der Waals surface area contributed by atoms with Gasteiger partial charge in [0.15, 0.2) is 5.78 Å². The summed E-state index contributed by atoms with van der Waals surface area (Å²) < 4.78 is 12.8. The summed E-state index contributed by atoms with van der Waals surface area (Å²) in [5, 5.41) is 13.2. The molecule has 3 heterocycles. The first-order chi connectivity index (χ1) is 23.5. The van der Waals surface area contributed by atoms with E-state index in [2.05, 4.69) is 76.2 Å². The van der Waals surface area contributed by atoms with E-state index in [4.69, 9.17) is 13.8 Å². The van der Waals surface area contributed by atoms with Gasteiger partial charge >= 0.3 is 0 Å². The number of carbonyl (C=O) groups excluding carboxylic acids is 1. The summed E-state index contributed by atoms with van der Waals surface area (Å²) in [6.45, 7) is 17.0. The molecule has 0 fully saturated rings. The van der Waals surface area contributed by atoms with Gasteiger partial charge in [0.1, 0.15) is 22.5 Å². The van der Waals surface area contributed by atoms with Crippen LogP contribution in [0.2, 0.25) is 0 Å². The van der Waals surface area contributed by atoms with E-state index in [9.17, 15) is 9.90 Å². The Morgan fingerprint density at radius 1 is 0.860 bits per heavy atom. The summed E-state index contributed by atoms with van der Waals surface area (Å²) in [4.78, 5) is 16.5. The van der Waals surface area contributed by atoms with Gasteiger partial charge in [0, 0.05) is 71.6 Å². The SMILES string of the molecule is CC(C)c1ccc2oc3c(-c4[c-]ccc5c4C(C)(C)c4c-5oc5ccccc45)nccc3c2c1.CCC(CC)C(=O)/C=C(\O)C(CC)CC.[Ir]. The summed E-state index contributed by atoms with van der Waals surface area (Å²) >= 11 is 0. The Kier molecular flexibility index (Phi) is 11.2. The Morgan fingerprint density at radius 2 is 1.54 bits per heavy atom. The second-order valence-electron chi connectivity index (χ2n) is 14.1. The zero-order valence-corrected chi connectivity index (χ0v) is 32.8. The van der Waals surface area contributed by atoms with Gasteiger partial charge in [-0.05, 0) is 66.8 Å². The molecule has 0 atom stereocenters. The van der Waals surface area contributed by atoms with E-state index in [1.807, 2.05) is 52.1 Å². The third-order valence-electron chi connectivity index (χ3n) is 10.5. The number of aliphatic hydroxyl groups excluding tert-OH is 1. The van der Waals surface area contributed by atoms with Gasteiger partial charge in [-0.25, -0.2) is 0 Å². The Labute approximate surface area is 309 Å². The third kappa shape index (κ3) is 6.49. The molecular formula is C44H48IrNO4-. The van der Waals surface area contributed by atoms with Crippen LogP contribution in [0.4, 0.5) is 0 Å². The number of fused-ring (bicyclic) bond motifs is 8. The van der Waals surface area contributed by atoms with Crippen molar-refractivity contribution in [3.05, 3.63) is 101 Å². The Bertz CT molecular complexity index is 2180. The number of pyridine rings is 1. The van der Waals surface area contributed by atoms with Crippen LogP contribution in [0.25, 0.3) is 55.5 Å². The number of hydrogen-bond donors (Lipinski definition) is 1. The molecular weight excluding hydrogens is 799 g/mol. The van der Waals surface area contributed by atoms with Crippen LogP contribution in [0.5, 0.6) is 0 Å². The number of ketones is 1. The van der Waals surface area contributed by atoms with Gasteiger partial charge in [0.25, 0.3) is 0 Å². The van der Waals surface area contributed by atoms with Crippen LogP contribution in [0.1, 0.15) is 104 Å². The minimum Gasteiger partial charge on any atom is -0.512 e. The molecule has 6 aromatic rings. The van der Waals surface area contributed by atoms with Crippen molar-refractivity contribution in [3.63, 3.8) is 0 Å². The molecule has 1 aliphatic rings. The van der Waals surface area contributed by atoms with Gasteiger partial charge in [-0.2, -0.15) is 0 Å². The maximum Gasteiger partial charge on any atom is 0.162 e. The largest absolute Gasteiger partial charge is 0.512 e. The van der Waals surface area contributed by atoms with Crippen molar-refractivity contribution in [1.29, 1.82) is 0 Å². The Hall–Kier alpha value is -3.99. The molecule has 0 saturated carbocycles.